The molecule has 6 heterocycles. The van der Waals surface area contributed by atoms with Crippen molar-refractivity contribution in [1.82, 2.24) is 40.4 Å². The summed E-state index contributed by atoms with van der Waals surface area (Å²) in [6, 6.07) is 13.4. The molecule has 15 heteroatoms. The number of esters is 1. The SMILES string of the molecule is CCn1c(-c2cccnc2[C@H](C)OC)c2c3cc(ccc31)-c1cc(O)cc(c1)C[C@H](NC(=O)C(C(C)C)N1CCCN(C[C@@H]3CN3)CCC1=O)C(=O)N1CCC[C@H](N1)C(=O)OCC(C)(C)C2. The van der Waals surface area contributed by atoms with Crippen molar-refractivity contribution in [2.24, 2.45) is 11.3 Å². The van der Waals surface area contributed by atoms with E-state index in [0.29, 0.717) is 63.5 Å². The van der Waals surface area contributed by atoms with Gasteiger partial charge < -0.3 is 39.6 Å². The Morgan fingerprint density at radius 1 is 1.03 bits per heavy atom. The predicted octanol–water partition coefficient (Wildman–Crippen LogP) is 5.37. The summed E-state index contributed by atoms with van der Waals surface area (Å²) < 4.78 is 14.3. The lowest BCUT2D eigenvalue weighted by Gasteiger charge is -2.38. The molecule has 6 bridgehead atoms. The van der Waals surface area contributed by atoms with E-state index in [-0.39, 0.29) is 36.7 Å². The number of aromatic hydroxyl groups is 1. The van der Waals surface area contributed by atoms with Crippen molar-refractivity contribution >= 4 is 34.6 Å². The summed E-state index contributed by atoms with van der Waals surface area (Å²) in [7, 11) is 1.68. The summed E-state index contributed by atoms with van der Waals surface area (Å²) in [5, 5.41) is 20.2. The maximum atomic E-state index is 14.8. The fourth-order valence-corrected chi connectivity index (χ4v) is 10.2. The number of rotatable bonds is 10. The van der Waals surface area contributed by atoms with Crippen LogP contribution in [0.4, 0.5) is 0 Å². The van der Waals surface area contributed by atoms with E-state index in [4.69, 9.17) is 14.5 Å². The highest BCUT2D eigenvalue weighted by molar-refractivity contribution is 5.96. The van der Waals surface area contributed by atoms with E-state index in [1.807, 2.05) is 39.0 Å². The van der Waals surface area contributed by atoms with Crippen LogP contribution in [0.3, 0.4) is 0 Å². The first kappa shape index (κ1) is 47.2. The van der Waals surface area contributed by atoms with Gasteiger partial charge in [0.1, 0.15) is 23.9 Å². The highest BCUT2D eigenvalue weighted by atomic mass is 16.5. The van der Waals surface area contributed by atoms with Crippen molar-refractivity contribution in [2.75, 3.05) is 53.0 Å². The molecule has 4 aromatic rings. The third kappa shape index (κ3) is 10.3. The van der Waals surface area contributed by atoms with Crippen LogP contribution in [-0.4, -0.2) is 130 Å². The second kappa shape index (κ2) is 19.9. The number of ether oxygens (including phenoxy) is 2. The van der Waals surface area contributed by atoms with Crippen LogP contribution in [0.25, 0.3) is 33.3 Å². The molecule has 2 aromatic heterocycles. The van der Waals surface area contributed by atoms with E-state index < -0.39 is 41.3 Å². The van der Waals surface area contributed by atoms with Crippen LogP contribution in [0.5, 0.6) is 5.75 Å². The Labute approximate surface area is 388 Å². The van der Waals surface area contributed by atoms with Crippen LogP contribution in [0.2, 0.25) is 0 Å². The van der Waals surface area contributed by atoms with Crippen molar-refractivity contribution in [3.8, 4) is 28.1 Å². The first-order valence-corrected chi connectivity index (χ1v) is 23.9. The van der Waals surface area contributed by atoms with Gasteiger partial charge in [0.25, 0.3) is 5.91 Å². The third-order valence-corrected chi connectivity index (χ3v) is 13.7. The van der Waals surface area contributed by atoms with Crippen LogP contribution < -0.4 is 16.1 Å². The first-order valence-electron chi connectivity index (χ1n) is 23.9. The standard InChI is InChI=1S/C51H68N8O7/c1-8-57-43-15-14-34-26-39(43)40(47(57)38-12-9-17-52-45(38)32(4)65-7)27-51(5,6)30-66-50(64)41-13-10-20-59(55-41)49(63)42(24-33-22-35(34)25-37(60)23-33)54-48(62)46(31(2)3)58-19-11-18-56(21-16-44(58)61)29-36-28-53-36/h9,12,14-15,17,22-23,25-26,31-32,36,41-42,46,53,55,60H,8,10-11,13,16,18-21,24,27-30H2,1-7H3,(H,54,62)/t32-,36-,41-,42-,46?/m0/s1. The number of cyclic esters (lactones) is 1. The van der Waals surface area contributed by atoms with Crippen LogP contribution in [0.1, 0.15) is 90.2 Å². The number of hydrogen-bond donors (Lipinski definition) is 4. The molecule has 2 aromatic carbocycles. The average molecular weight is 905 g/mol. The van der Waals surface area contributed by atoms with Crippen molar-refractivity contribution in [3.05, 3.63) is 71.5 Å². The van der Waals surface area contributed by atoms with Crippen molar-refractivity contribution in [3.63, 3.8) is 0 Å². The molecule has 5 atom stereocenters. The van der Waals surface area contributed by atoms with Crippen molar-refractivity contribution < 1.29 is 33.8 Å². The zero-order valence-corrected chi connectivity index (χ0v) is 39.7. The number of fused-ring (bicyclic) bond motifs is 6. The topological polar surface area (TPSA) is 181 Å². The molecule has 4 aliphatic heterocycles. The van der Waals surface area contributed by atoms with E-state index in [2.05, 4.69) is 64.5 Å². The number of benzene rings is 2. The number of carbonyl (C=O) groups is 4. The minimum atomic E-state index is -1.10. The Balaban J connectivity index is 1.19. The molecule has 4 N–H and O–H groups in total. The van der Waals surface area contributed by atoms with Crippen LogP contribution in [-0.2, 0) is 48.0 Å². The lowest BCUT2D eigenvalue weighted by atomic mass is 9.84. The monoisotopic (exact) mass is 905 g/mol. The molecule has 0 spiro atoms. The summed E-state index contributed by atoms with van der Waals surface area (Å²) in [6.07, 6.45) is 4.16. The molecule has 0 aliphatic carbocycles. The summed E-state index contributed by atoms with van der Waals surface area (Å²) >= 11 is 0. The normalized spacial score (nSPS) is 22.9. The summed E-state index contributed by atoms with van der Waals surface area (Å²) in [5.41, 5.74) is 9.79. The van der Waals surface area contributed by atoms with Crippen molar-refractivity contribution in [1.29, 1.82) is 0 Å². The Kier molecular flexibility index (Phi) is 14.2. The van der Waals surface area contributed by atoms with Gasteiger partial charge in [-0.25, -0.2) is 5.43 Å². The van der Waals surface area contributed by atoms with Gasteiger partial charge in [-0.3, -0.25) is 29.2 Å². The fourth-order valence-electron chi connectivity index (χ4n) is 10.2. The number of carbonyl (C=O) groups excluding carboxylic acids is 4. The molecule has 66 heavy (non-hydrogen) atoms. The highest BCUT2D eigenvalue weighted by Gasteiger charge is 2.39. The van der Waals surface area contributed by atoms with E-state index >= 15 is 0 Å². The third-order valence-electron chi connectivity index (χ3n) is 13.7. The molecule has 3 fully saturated rings. The molecule has 354 valence electrons. The van der Waals surface area contributed by atoms with E-state index in [1.165, 1.54) is 5.01 Å². The Hall–Kier alpha value is -5.35. The quantitative estimate of drug-likeness (QED) is 0.119. The van der Waals surface area contributed by atoms with Gasteiger partial charge in [-0.1, -0.05) is 39.8 Å². The van der Waals surface area contributed by atoms with Crippen molar-refractivity contribution in [2.45, 2.75) is 117 Å². The van der Waals surface area contributed by atoms with Crippen LogP contribution in [0.15, 0.2) is 54.7 Å². The predicted molar refractivity (Wildman–Crippen MR) is 253 cm³/mol. The molecular weight excluding hydrogens is 837 g/mol. The van der Waals surface area contributed by atoms with Gasteiger partial charge in [0.2, 0.25) is 11.8 Å². The van der Waals surface area contributed by atoms with E-state index in [9.17, 15) is 24.3 Å². The number of phenolic OH excluding ortho intramolecular Hbond substituents is 1. The summed E-state index contributed by atoms with van der Waals surface area (Å²) in [4.78, 5) is 66.0. The molecule has 15 nitrogen and oxygen atoms in total. The molecule has 0 saturated carbocycles. The van der Waals surface area contributed by atoms with E-state index in [1.54, 1.807) is 30.3 Å². The summed E-state index contributed by atoms with van der Waals surface area (Å²) in [6.45, 7) is 17.1. The van der Waals surface area contributed by atoms with Gasteiger partial charge in [0, 0.05) is 93.3 Å². The van der Waals surface area contributed by atoms with Gasteiger partial charge >= 0.3 is 5.97 Å². The molecule has 3 amide bonds. The molecule has 8 rings (SSSR count). The molecule has 3 saturated heterocycles. The van der Waals surface area contributed by atoms with Gasteiger partial charge in [-0.15, -0.1) is 0 Å². The maximum Gasteiger partial charge on any atom is 0.324 e. The molecule has 0 radical (unpaired) electrons. The van der Waals surface area contributed by atoms with Crippen LogP contribution >= 0.6 is 0 Å². The minimum Gasteiger partial charge on any atom is -0.508 e. The number of aryl methyl sites for hydroxylation is 1. The second-order valence-corrected chi connectivity index (χ2v) is 19.8. The highest BCUT2D eigenvalue weighted by Crippen LogP contribution is 2.42. The molecular formula is C51H68N8O7. The zero-order chi connectivity index (χ0) is 46.9. The molecule has 1 unspecified atom stereocenters. The number of nitrogens with zero attached hydrogens (tertiary/aromatic N) is 5. The smallest absolute Gasteiger partial charge is 0.324 e. The second-order valence-electron chi connectivity index (χ2n) is 19.8. The number of nitrogens with one attached hydrogen (secondary N) is 3. The lowest BCUT2D eigenvalue weighted by Crippen LogP contribution is -2.62. The average Bonchev–Trinajstić information content (AvgIpc) is 4.07. The fraction of sp³-hybridized carbons (Fsp3) is 0.549. The largest absolute Gasteiger partial charge is 0.508 e. The number of phenols is 1. The lowest BCUT2D eigenvalue weighted by molar-refractivity contribution is -0.155. The number of aromatic nitrogens is 2. The zero-order valence-electron chi connectivity index (χ0n) is 39.7. The number of hydrazine groups is 1. The number of hydrogen-bond acceptors (Lipinski definition) is 11. The van der Waals surface area contributed by atoms with Gasteiger partial charge in [-0.05, 0) is 111 Å². The number of pyridine rings is 1. The molecule has 4 aliphatic rings. The van der Waals surface area contributed by atoms with Gasteiger partial charge in [0.15, 0.2) is 0 Å². The summed E-state index contributed by atoms with van der Waals surface area (Å²) in [5.74, 6) is -1.60. The maximum absolute atomic E-state index is 14.8. The Morgan fingerprint density at radius 2 is 1.83 bits per heavy atom. The van der Waals surface area contributed by atoms with E-state index in [0.717, 1.165) is 70.6 Å². The van der Waals surface area contributed by atoms with Gasteiger partial charge in [-0.2, -0.15) is 0 Å². The first-order chi connectivity index (χ1) is 31.6. The van der Waals surface area contributed by atoms with Gasteiger partial charge in [0.05, 0.1) is 24.1 Å². The number of amides is 3. The number of methoxy groups -OCH3 is 1. The minimum absolute atomic E-state index is 0.0213. The Bertz CT molecular complexity index is 2450. The Morgan fingerprint density at radius 3 is 2.58 bits per heavy atom. The van der Waals surface area contributed by atoms with Crippen LogP contribution in [0, 0.1) is 11.3 Å².